The van der Waals surface area contributed by atoms with Crippen LogP contribution in [-0.2, 0) is 27.1 Å². The van der Waals surface area contributed by atoms with E-state index in [1.54, 1.807) is 0 Å². The summed E-state index contributed by atoms with van der Waals surface area (Å²) >= 11 is 0. The van der Waals surface area contributed by atoms with E-state index in [0.29, 0.717) is 0 Å². The molecule has 0 bridgehead atoms. The highest BCUT2D eigenvalue weighted by Crippen LogP contribution is 2.57. The molecule has 115 heavy (non-hydrogen) atoms. The average Bonchev–Trinajstić information content (AvgIpc) is 0.855. The van der Waals surface area contributed by atoms with Crippen molar-refractivity contribution in [1.29, 1.82) is 0 Å². The molecule has 0 unspecified atom stereocenters. The first-order chi connectivity index (χ1) is 55.2. The minimum atomic E-state index is -0.372. The van der Waals surface area contributed by atoms with E-state index in [4.69, 9.17) is 4.42 Å². The first kappa shape index (κ1) is 72.8. The summed E-state index contributed by atoms with van der Waals surface area (Å²) in [4.78, 5) is 5.51. The molecule has 0 spiro atoms. The Morgan fingerprint density at radius 3 is 1.07 bits per heavy atom. The quantitative estimate of drug-likeness (QED) is 0.128. The van der Waals surface area contributed by atoms with Crippen LogP contribution in [0.4, 0.5) is 34.1 Å². The van der Waals surface area contributed by atoms with Crippen LogP contribution in [0.1, 0.15) is 132 Å². The third-order valence-corrected chi connectivity index (χ3v) is 24.5. The predicted molar refractivity (Wildman–Crippen MR) is 494 cm³/mol. The molecule has 4 heterocycles. The third kappa shape index (κ3) is 12.7. The molecule has 2 aliphatic rings. The highest BCUT2D eigenvalue weighted by molar-refractivity contribution is 7.00. The van der Waals surface area contributed by atoms with Crippen molar-refractivity contribution in [1.82, 2.24) is 4.57 Å². The fourth-order valence-corrected chi connectivity index (χ4v) is 18.1. The van der Waals surface area contributed by atoms with E-state index in [9.17, 15) is 0 Å². The summed E-state index contributed by atoms with van der Waals surface area (Å²) in [5.74, 6) is 0. The largest absolute Gasteiger partial charge is 0.456 e. The van der Waals surface area contributed by atoms with Gasteiger partial charge in [-0.15, -0.1) is 0 Å². The van der Waals surface area contributed by atoms with Crippen LogP contribution in [0.2, 0.25) is 0 Å². The second kappa shape index (κ2) is 27.1. The molecule has 2 aliphatic heterocycles. The van der Waals surface area contributed by atoms with Gasteiger partial charge < -0.3 is 18.8 Å². The minimum Gasteiger partial charge on any atom is -0.456 e. The lowest BCUT2D eigenvalue weighted by atomic mass is 9.33. The van der Waals surface area contributed by atoms with Crippen molar-refractivity contribution in [2.24, 2.45) is 0 Å². The van der Waals surface area contributed by atoms with Crippen molar-refractivity contribution in [2.45, 2.75) is 131 Å². The Morgan fingerprint density at radius 1 is 0.235 bits per heavy atom. The van der Waals surface area contributed by atoms with Crippen LogP contribution in [-0.4, -0.2) is 11.3 Å². The van der Waals surface area contributed by atoms with Gasteiger partial charge in [-0.05, 0) is 236 Å². The van der Waals surface area contributed by atoms with E-state index >= 15 is 0 Å². The molecular weight excluding hydrogens is 1390 g/mol. The lowest BCUT2D eigenvalue weighted by molar-refractivity contribution is 0.590. The molecule has 0 saturated carbocycles. The van der Waals surface area contributed by atoms with Crippen molar-refractivity contribution in [3.05, 3.63) is 349 Å². The highest BCUT2D eigenvalue weighted by Gasteiger charge is 2.47. The zero-order chi connectivity index (χ0) is 79.4. The molecule has 19 rings (SSSR count). The van der Waals surface area contributed by atoms with E-state index in [2.05, 4.69) is 440 Å². The SMILES string of the molecule is CC(C)(C)c1cc(-c2ccccc2)c(N2c3cc(-c4ccc5oc6ccccc6c5c4)ccc3B3c4ccc(-n5c6ccc(C(C)(C)C)cc6c6cc(C(C)(C)C)ccc65)cc4N(c4c(-c5cccc(-c6ccccc6)c5)cc(C(C)(C)C)cc4-c4cccc(-c5ccccc5)c4)c4cc(C(C)(C)C)cc2c43)c(-c2ccccc2)c1. The van der Waals surface area contributed by atoms with Gasteiger partial charge >= 0.3 is 0 Å². The number of benzene rings is 15. The van der Waals surface area contributed by atoms with Gasteiger partial charge in [-0.1, -0.05) is 316 Å². The van der Waals surface area contributed by atoms with Gasteiger partial charge in [0.05, 0.1) is 22.4 Å². The van der Waals surface area contributed by atoms with Crippen LogP contribution < -0.4 is 26.2 Å². The van der Waals surface area contributed by atoms with Gasteiger partial charge in [0.15, 0.2) is 0 Å². The van der Waals surface area contributed by atoms with E-state index < -0.39 is 0 Å². The van der Waals surface area contributed by atoms with Crippen molar-refractivity contribution < 1.29 is 4.42 Å². The van der Waals surface area contributed by atoms with Crippen LogP contribution in [0.3, 0.4) is 0 Å². The molecule has 0 atom stereocenters. The van der Waals surface area contributed by atoms with Gasteiger partial charge in [-0.25, -0.2) is 0 Å². The molecule has 2 aromatic heterocycles. The van der Waals surface area contributed by atoms with Crippen molar-refractivity contribution >= 4 is 101 Å². The average molecular weight is 1490 g/mol. The first-order valence-corrected chi connectivity index (χ1v) is 41.1. The maximum Gasteiger partial charge on any atom is 0.252 e. The second-order valence-corrected chi connectivity index (χ2v) is 37.4. The molecule has 4 nitrogen and oxygen atoms in total. The lowest BCUT2D eigenvalue weighted by Crippen LogP contribution is -2.61. The number of nitrogens with zero attached hydrogens (tertiary/aromatic N) is 3. The number of aromatic nitrogens is 1. The molecule has 17 aromatic rings. The van der Waals surface area contributed by atoms with Gasteiger partial charge in [-0.2, -0.15) is 0 Å². The summed E-state index contributed by atoms with van der Waals surface area (Å²) < 4.78 is 9.15. The molecule has 5 heteroatoms. The lowest BCUT2D eigenvalue weighted by Gasteiger charge is -2.47. The third-order valence-electron chi connectivity index (χ3n) is 24.5. The smallest absolute Gasteiger partial charge is 0.252 e. The Bertz CT molecular complexity index is 6490. The molecule has 0 radical (unpaired) electrons. The van der Waals surface area contributed by atoms with Gasteiger partial charge in [-0.3, -0.25) is 0 Å². The van der Waals surface area contributed by atoms with Crippen LogP contribution in [0.25, 0.3) is 127 Å². The number of hydrogen-bond acceptors (Lipinski definition) is 3. The van der Waals surface area contributed by atoms with Crippen LogP contribution in [0.5, 0.6) is 0 Å². The minimum absolute atomic E-state index is 0.0784. The molecule has 0 N–H and O–H groups in total. The number of rotatable bonds is 10. The Morgan fingerprint density at radius 2 is 0.600 bits per heavy atom. The molecule has 0 amide bonds. The zero-order valence-corrected chi connectivity index (χ0v) is 68.9. The number of hydrogen-bond donors (Lipinski definition) is 0. The molecule has 0 aliphatic carbocycles. The van der Waals surface area contributed by atoms with Gasteiger partial charge in [0.25, 0.3) is 6.71 Å². The predicted octanol–water partition coefficient (Wildman–Crippen LogP) is 28.9. The van der Waals surface area contributed by atoms with Crippen molar-refractivity contribution in [3.8, 4) is 83.6 Å². The Hall–Kier alpha value is -12.4. The van der Waals surface area contributed by atoms with Crippen LogP contribution in [0, 0.1) is 0 Å². The maximum atomic E-state index is 6.58. The second-order valence-electron chi connectivity index (χ2n) is 37.4. The number of anilines is 6. The monoisotopic (exact) mass is 1490 g/mol. The highest BCUT2D eigenvalue weighted by atomic mass is 16.3. The molecule has 562 valence electrons. The molecule has 0 fully saturated rings. The summed E-state index contributed by atoms with van der Waals surface area (Å²) in [5.41, 5.74) is 37.1. The first-order valence-electron chi connectivity index (χ1n) is 41.1. The topological polar surface area (TPSA) is 24.6 Å². The number of fused-ring (bicyclic) bond motifs is 10. The van der Waals surface area contributed by atoms with E-state index in [-0.39, 0.29) is 33.8 Å². The van der Waals surface area contributed by atoms with Crippen LogP contribution in [0.15, 0.2) is 326 Å². The molecule has 0 saturated heterocycles. The van der Waals surface area contributed by atoms with Gasteiger partial charge in [0.1, 0.15) is 11.2 Å². The number of furan rings is 1. The normalized spacial score (nSPS) is 13.1. The molecular formula is C110H98BN3O. The maximum absolute atomic E-state index is 6.58. The Labute approximate surface area is 679 Å². The van der Waals surface area contributed by atoms with Crippen molar-refractivity contribution in [3.63, 3.8) is 0 Å². The molecule has 15 aromatic carbocycles. The standard InChI is InChI=1S/C110H98BN3O/c1-106(2,3)79-48-53-95-90(60-79)91-61-80(107(4,5)6)49-54-96(91)112(95)84-50-52-94-98(68-84)114(105-88(77-42-30-40-73(56-77)69-32-20-16-21-33-69)64-82(109(10,11)12)65-89(105)78-43-31-41-74(57-78)70-34-22-17-23-35-70)100-67-83(110(13,14)15)66-99-103(100)111(94)93-51-46-76(75-47-55-102-92(58-75)85-44-28-29-45-101(85)115-102)59-97(93)113(99)104-86(71-36-24-18-25-37-71)62-81(108(7,8)9)63-87(104)72-38-26-19-27-39-72/h16-68H,1-15H3. The zero-order valence-electron chi connectivity index (χ0n) is 68.9. The Balaban J connectivity index is 0.999. The summed E-state index contributed by atoms with van der Waals surface area (Å²) in [5, 5.41) is 4.71. The fourth-order valence-electron chi connectivity index (χ4n) is 18.1. The van der Waals surface area contributed by atoms with E-state index in [0.717, 1.165) is 129 Å². The number of para-hydroxylation sites is 1. The Kier molecular flexibility index (Phi) is 17.2. The van der Waals surface area contributed by atoms with Gasteiger partial charge in [0, 0.05) is 72.2 Å². The van der Waals surface area contributed by atoms with Crippen molar-refractivity contribution in [2.75, 3.05) is 9.80 Å². The summed E-state index contributed by atoms with van der Waals surface area (Å²) in [6, 6.07) is 123. The van der Waals surface area contributed by atoms with Gasteiger partial charge in [0.2, 0.25) is 0 Å². The van der Waals surface area contributed by atoms with E-state index in [1.807, 2.05) is 0 Å². The summed E-state index contributed by atoms with van der Waals surface area (Å²) in [7, 11) is 0. The van der Waals surface area contributed by atoms with E-state index in [1.165, 1.54) is 77.1 Å². The summed E-state index contributed by atoms with van der Waals surface area (Å²) in [6.45, 7) is 35.2. The fraction of sp³-hybridized carbons (Fsp3) is 0.182. The van der Waals surface area contributed by atoms with Crippen LogP contribution >= 0.6 is 0 Å². The summed E-state index contributed by atoms with van der Waals surface area (Å²) in [6.07, 6.45) is 0.